The van der Waals surface area contributed by atoms with Crippen molar-refractivity contribution in [2.24, 2.45) is 0 Å². The maximum Gasteiger partial charge on any atom is 0.127 e. The van der Waals surface area contributed by atoms with Gasteiger partial charge in [0, 0.05) is 5.56 Å². The van der Waals surface area contributed by atoms with Gasteiger partial charge in [-0.25, -0.2) is 4.39 Å². The van der Waals surface area contributed by atoms with Crippen molar-refractivity contribution in [3.05, 3.63) is 83.7 Å². The van der Waals surface area contributed by atoms with Crippen LogP contribution in [0.1, 0.15) is 44.2 Å². The van der Waals surface area contributed by atoms with Gasteiger partial charge in [0.25, 0.3) is 0 Å². The largest absolute Gasteiger partial charge is 0.207 e. The van der Waals surface area contributed by atoms with Gasteiger partial charge in [-0.3, -0.25) is 0 Å². The zero-order valence-corrected chi connectivity index (χ0v) is 16.1. The molecule has 0 saturated carbocycles. The second-order valence-corrected chi connectivity index (χ2v) is 6.79. The Hall–Kier alpha value is -2.85. The Morgan fingerprint density at radius 3 is 1.85 bits per heavy atom. The van der Waals surface area contributed by atoms with Gasteiger partial charge in [0.15, 0.2) is 0 Å². The minimum Gasteiger partial charge on any atom is -0.207 e. The highest BCUT2D eigenvalue weighted by atomic mass is 19.1. The number of rotatable bonds is 6. The monoisotopic (exact) mass is 356 g/mol. The normalized spacial score (nSPS) is 10.3. The third-order valence-electron chi connectivity index (χ3n) is 4.81. The van der Waals surface area contributed by atoms with Gasteiger partial charge in [-0.1, -0.05) is 74.2 Å². The molecule has 0 fully saturated rings. The van der Waals surface area contributed by atoms with Crippen LogP contribution in [0.15, 0.2) is 66.7 Å². The first-order valence-corrected chi connectivity index (χ1v) is 9.63. The number of hydrogen-bond donors (Lipinski definition) is 0. The molecule has 136 valence electrons. The van der Waals surface area contributed by atoms with Gasteiger partial charge in [-0.15, -0.1) is 5.92 Å². The topological polar surface area (TPSA) is 0 Å². The Bertz CT molecular complexity index is 938. The van der Waals surface area contributed by atoms with Crippen LogP contribution in [0.25, 0.3) is 22.3 Å². The van der Waals surface area contributed by atoms with E-state index in [-0.39, 0.29) is 5.82 Å². The molecule has 0 aromatic heterocycles. The molecule has 3 aromatic rings. The Morgan fingerprint density at radius 1 is 0.741 bits per heavy atom. The van der Waals surface area contributed by atoms with E-state index in [4.69, 9.17) is 0 Å². The predicted molar refractivity (Wildman–Crippen MR) is 113 cm³/mol. The molecule has 0 aliphatic heterocycles. The van der Waals surface area contributed by atoms with Crippen LogP contribution in [0.3, 0.4) is 0 Å². The fraction of sp³-hybridized carbons (Fsp3) is 0.231. The maximum atomic E-state index is 14.4. The molecule has 1 heteroatoms. The van der Waals surface area contributed by atoms with Crippen molar-refractivity contribution in [1.29, 1.82) is 0 Å². The van der Waals surface area contributed by atoms with Crippen molar-refractivity contribution >= 4 is 0 Å². The first-order valence-electron chi connectivity index (χ1n) is 9.63. The van der Waals surface area contributed by atoms with E-state index in [1.807, 2.05) is 31.2 Å². The van der Waals surface area contributed by atoms with Crippen molar-refractivity contribution < 1.29 is 4.39 Å². The summed E-state index contributed by atoms with van der Waals surface area (Å²) in [5.74, 6) is 5.87. The van der Waals surface area contributed by atoms with E-state index in [1.165, 1.54) is 0 Å². The highest BCUT2D eigenvalue weighted by Crippen LogP contribution is 2.27. The highest BCUT2D eigenvalue weighted by Gasteiger charge is 2.06. The minimum absolute atomic E-state index is 0.0969. The average molecular weight is 356 g/mol. The Morgan fingerprint density at radius 2 is 1.30 bits per heavy atom. The van der Waals surface area contributed by atoms with Gasteiger partial charge in [-0.05, 0) is 65.8 Å². The van der Waals surface area contributed by atoms with Gasteiger partial charge in [0.2, 0.25) is 0 Å². The Balaban J connectivity index is 1.76. The molecule has 0 radical (unpaired) electrons. The van der Waals surface area contributed by atoms with Gasteiger partial charge in [0.1, 0.15) is 5.82 Å². The summed E-state index contributed by atoms with van der Waals surface area (Å²) in [6, 6.07) is 22.1. The van der Waals surface area contributed by atoms with Crippen LogP contribution in [-0.2, 0) is 6.42 Å². The molecular formula is C26H25F. The summed E-state index contributed by atoms with van der Waals surface area (Å²) in [7, 11) is 0. The van der Waals surface area contributed by atoms with E-state index in [9.17, 15) is 4.39 Å². The van der Waals surface area contributed by atoms with E-state index in [1.54, 1.807) is 6.07 Å². The van der Waals surface area contributed by atoms with E-state index in [2.05, 4.69) is 55.2 Å². The van der Waals surface area contributed by atoms with Crippen LogP contribution >= 0.6 is 0 Å². The molecule has 0 spiro atoms. The van der Waals surface area contributed by atoms with Crippen molar-refractivity contribution in [3.8, 4) is 34.1 Å². The molecule has 0 atom stereocenters. The fourth-order valence-electron chi connectivity index (χ4n) is 3.24. The SMILES string of the molecule is CC#Cc1ccc(-c2ccc(-c3ccc(CCCCC)c(F)c3)cc2)cc1. The standard InChI is InChI=1S/C26H25F/c1-3-5-6-8-24-17-18-25(19-26(24)27)23-15-13-22(14-16-23)21-11-9-20(7-4-2)10-12-21/h9-19H,3,5-6,8H2,1-2H3. The lowest BCUT2D eigenvalue weighted by atomic mass is 9.98. The molecule has 0 saturated heterocycles. The van der Waals surface area contributed by atoms with E-state index >= 15 is 0 Å². The van der Waals surface area contributed by atoms with Crippen LogP contribution in [-0.4, -0.2) is 0 Å². The number of hydrogen-bond acceptors (Lipinski definition) is 0. The summed E-state index contributed by atoms with van der Waals surface area (Å²) >= 11 is 0. The average Bonchev–Trinajstić information content (AvgIpc) is 2.70. The van der Waals surface area contributed by atoms with Crippen molar-refractivity contribution in [1.82, 2.24) is 0 Å². The highest BCUT2D eigenvalue weighted by molar-refractivity contribution is 5.71. The molecule has 0 aliphatic rings. The first-order chi connectivity index (χ1) is 13.2. The van der Waals surface area contributed by atoms with Crippen molar-refractivity contribution in [3.63, 3.8) is 0 Å². The smallest absolute Gasteiger partial charge is 0.127 e. The fourth-order valence-corrected chi connectivity index (χ4v) is 3.24. The van der Waals surface area contributed by atoms with Crippen molar-refractivity contribution in [2.45, 2.75) is 39.5 Å². The zero-order valence-electron chi connectivity index (χ0n) is 16.1. The number of halogens is 1. The van der Waals surface area contributed by atoms with Gasteiger partial charge < -0.3 is 0 Å². The van der Waals surface area contributed by atoms with E-state index < -0.39 is 0 Å². The van der Waals surface area contributed by atoms with Crippen LogP contribution in [0, 0.1) is 17.7 Å². The zero-order chi connectivity index (χ0) is 19.1. The molecule has 0 bridgehead atoms. The molecule has 3 aromatic carbocycles. The van der Waals surface area contributed by atoms with Crippen LogP contribution < -0.4 is 0 Å². The summed E-state index contributed by atoms with van der Waals surface area (Å²) < 4.78 is 14.4. The molecule has 0 amide bonds. The second kappa shape index (κ2) is 9.19. The Labute approximate surface area is 162 Å². The quantitative estimate of drug-likeness (QED) is 0.322. The summed E-state index contributed by atoms with van der Waals surface area (Å²) in [4.78, 5) is 0. The summed E-state index contributed by atoms with van der Waals surface area (Å²) in [5, 5.41) is 0. The van der Waals surface area contributed by atoms with Gasteiger partial charge in [-0.2, -0.15) is 0 Å². The van der Waals surface area contributed by atoms with Crippen LogP contribution in [0.5, 0.6) is 0 Å². The van der Waals surface area contributed by atoms with E-state index in [0.29, 0.717) is 0 Å². The molecule has 0 unspecified atom stereocenters. The Kier molecular flexibility index (Phi) is 6.44. The lowest BCUT2D eigenvalue weighted by Gasteiger charge is -2.08. The van der Waals surface area contributed by atoms with E-state index in [0.717, 1.165) is 59.1 Å². The van der Waals surface area contributed by atoms with Crippen molar-refractivity contribution in [2.75, 3.05) is 0 Å². The summed E-state index contributed by atoms with van der Waals surface area (Å²) in [6.07, 6.45) is 4.16. The van der Waals surface area contributed by atoms with Crippen LogP contribution in [0.4, 0.5) is 4.39 Å². The van der Waals surface area contributed by atoms with Crippen LogP contribution in [0.2, 0.25) is 0 Å². The summed E-state index contributed by atoms with van der Waals surface area (Å²) in [6.45, 7) is 4.00. The predicted octanol–water partition coefficient (Wildman–Crippen LogP) is 7.26. The number of aryl methyl sites for hydroxylation is 1. The maximum absolute atomic E-state index is 14.4. The third kappa shape index (κ3) is 4.86. The molecule has 3 rings (SSSR count). The lowest BCUT2D eigenvalue weighted by molar-refractivity contribution is 0.599. The van der Waals surface area contributed by atoms with Gasteiger partial charge >= 0.3 is 0 Å². The number of unbranched alkanes of at least 4 members (excludes halogenated alkanes) is 2. The molecule has 0 nitrogen and oxygen atoms in total. The second-order valence-electron chi connectivity index (χ2n) is 6.79. The minimum atomic E-state index is -0.0969. The molecule has 0 aliphatic carbocycles. The molecule has 0 N–H and O–H groups in total. The lowest BCUT2D eigenvalue weighted by Crippen LogP contribution is -1.92. The molecule has 27 heavy (non-hydrogen) atoms. The van der Waals surface area contributed by atoms with Gasteiger partial charge in [0.05, 0.1) is 0 Å². The first kappa shape index (κ1) is 18.9. The summed E-state index contributed by atoms with van der Waals surface area (Å²) in [5.41, 5.74) is 6.09. The molecular weight excluding hydrogens is 331 g/mol. The number of benzene rings is 3. The molecule has 0 heterocycles. The third-order valence-corrected chi connectivity index (χ3v) is 4.81.